The van der Waals surface area contributed by atoms with Gasteiger partial charge in [0.25, 0.3) is 0 Å². The van der Waals surface area contributed by atoms with E-state index in [1.807, 2.05) is 0 Å². The van der Waals surface area contributed by atoms with E-state index in [0.717, 1.165) is 62.3 Å². The number of hydrogen-bond donors (Lipinski definition) is 0. The Kier molecular flexibility index (Phi) is 6.99. The lowest BCUT2D eigenvalue weighted by Crippen LogP contribution is -2.20. The number of carbonyl (C=O) groups excluding carboxylic acids is 1. The van der Waals surface area contributed by atoms with E-state index >= 15 is 0 Å². The Morgan fingerprint density at radius 2 is 1.60 bits per heavy atom. The number of benzene rings is 2. The second-order valence-electron chi connectivity index (χ2n) is 7.51. The largest absolute Gasteiger partial charge is 0.493 e. The summed E-state index contributed by atoms with van der Waals surface area (Å²) < 4.78 is 52.8. The summed E-state index contributed by atoms with van der Waals surface area (Å²) in [7, 11) is 0. The monoisotopic (exact) mass is 417 g/mol. The summed E-state index contributed by atoms with van der Waals surface area (Å²) in [5.74, 6) is -3.64. The fourth-order valence-electron chi connectivity index (χ4n) is 3.66. The van der Waals surface area contributed by atoms with Crippen LogP contribution in [0.25, 0.3) is 0 Å². The maximum atomic E-state index is 14.4. The van der Waals surface area contributed by atoms with Gasteiger partial charge in [-0.15, -0.1) is 0 Å². The van der Waals surface area contributed by atoms with Crippen molar-refractivity contribution in [3.63, 3.8) is 0 Å². The predicted octanol–water partition coefficient (Wildman–Crippen LogP) is 5.79. The molecule has 1 saturated carbocycles. The van der Waals surface area contributed by atoms with Gasteiger partial charge in [-0.2, -0.15) is 5.26 Å². The minimum absolute atomic E-state index is 0.00332. The molecule has 0 heterocycles. The lowest BCUT2D eigenvalue weighted by molar-refractivity contribution is 0.0724. The highest BCUT2D eigenvalue weighted by molar-refractivity contribution is 5.91. The molecular formula is C23H22F3NO3. The zero-order valence-electron chi connectivity index (χ0n) is 16.6. The first-order chi connectivity index (χ1) is 14.4. The van der Waals surface area contributed by atoms with E-state index in [1.54, 1.807) is 6.07 Å². The molecule has 0 aliphatic heterocycles. The van der Waals surface area contributed by atoms with Crippen molar-refractivity contribution in [1.82, 2.24) is 0 Å². The second-order valence-corrected chi connectivity index (χ2v) is 7.51. The summed E-state index contributed by atoms with van der Waals surface area (Å²) in [5.41, 5.74) is -1.13. The van der Waals surface area contributed by atoms with Crippen LogP contribution in [-0.4, -0.2) is 12.6 Å². The fourth-order valence-corrected chi connectivity index (χ4v) is 3.66. The SMILES string of the molecule is CCC1CCC(COc2cc(F)c(C(=O)Oc3ccc(C#N)c(F)c3)c(F)c2)CC1. The Morgan fingerprint density at radius 3 is 2.17 bits per heavy atom. The van der Waals surface area contributed by atoms with E-state index in [1.165, 1.54) is 6.07 Å². The highest BCUT2D eigenvalue weighted by Gasteiger charge is 2.23. The molecule has 0 saturated heterocycles. The molecule has 0 unspecified atom stereocenters. The van der Waals surface area contributed by atoms with Gasteiger partial charge in [-0.05, 0) is 36.8 Å². The molecule has 3 rings (SSSR count). The summed E-state index contributed by atoms with van der Waals surface area (Å²) >= 11 is 0. The normalized spacial score (nSPS) is 18.5. The van der Waals surface area contributed by atoms with E-state index in [9.17, 15) is 18.0 Å². The summed E-state index contributed by atoms with van der Waals surface area (Å²) in [5, 5.41) is 8.71. The van der Waals surface area contributed by atoms with Crippen molar-refractivity contribution in [2.75, 3.05) is 6.61 Å². The zero-order valence-corrected chi connectivity index (χ0v) is 16.6. The van der Waals surface area contributed by atoms with Crippen molar-refractivity contribution in [1.29, 1.82) is 5.26 Å². The van der Waals surface area contributed by atoms with Crippen molar-refractivity contribution < 1.29 is 27.4 Å². The summed E-state index contributed by atoms with van der Waals surface area (Å²) in [6.07, 6.45) is 5.47. The van der Waals surface area contributed by atoms with Crippen LogP contribution in [-0.2, 0) is 0 Å². The number of nitrogens with zero attached hydrogens (tertiary/aromatic N) is 1. The zero-order chi connectivity index (χ0) is 21.7. The molecule has 0 spiro atoms. The van der Waals surface area contributed by atoms with Crippen LogP contribution in [0.4, 0.5) is 13.2 Å². The number of halogens is 3. The first kappa shape index (κ1) is 21.7. The first-order valence-electron chi connectivity index (χ1n) is 9.95. The Morgan fingerprint density at radius 1 is 1.00 bits per heavy atom. The molecule has 2 aromatic rings. The van der Waals surface area contributed by atoms with Crippen LogP contribution >= 0.6 is 0 Å². The smallest absolute Gasteiger partial charge is 0.349 e. The number of nitriles is 1. The molecule has 0 radical (unpaired) electrons. The Hall–Kier alpha value is -3.01. The highest BCUT2D eigenvalue weighted by Crippen LogP contribution is 2.31. The van der Waals surface area contributed by atoms with Gasteiger partial charge in [0.05, 0.1) is 12.2 Å². The standard InChI is InChI=1S/C23H22F3NO3/c1-2-14-3-5-15(6-4-14)13-29-18-10-20(25)22(21(26)11-18)23(28)30-17-8-7-16(12-27)19(24)9-17/h7-11,14-15H,2-6,13H2,1H3. The summed E-state index contributed by atoms with van der Waals surface area (Å²) in [6.45, 7) is 2.54. The van der Waals surface area contributed by atoms with Crippen molar-refractivity contribution >= 4 is 5.97 Å². The van der Waals surface area contributed by atoms with Gasteiger partial charge in [-0.1, -0.05) is 26.2 Å². The molecule has 0 amide bonds. The topological polar surface area (TPSA) is 59.3 Å². The van der Waals surface area contributed by atoms with Gasteiger partial charge in [0.2, 0.25) is 0 Å². The third-order valence-electron chi connectivity index (χ3n) is 5.52. The molecular weight excluding hydrogens is 395 g/mol. The second kappa shape index (κ2) is 9.66. The molecule has 2 aromatic carbocycles. The maximum Gasteiger partial charge on any atom is 0.349 e. The van der Waals surface area contributed by atoms with Crippen LogP contribution in [0, 0.1) is 40.6 Å². The van der Waals surface area contributed by atoms with Crippen LogP contribution in [0.2, 0.25) is 0 Å². The van der Waals surface area contributed by atoms with Crippen LogP contribution in [0.5, 0.6) is 11.5 Å². The van der Waals surface area contributed by atoms with Gasteiger partial charge in [-0.25, -0.2) is 18.0 Å². The maximum absolute atomic E-state index is 14.4. The van der Waals surface area contributed by atoms with E-state index in [4.69, 9.17) is 14.7 Å². The molecule has 1 fully saturated rings. The quantitative estimate of drug-likeness (QED) is 0.441. The Balaban J connectivity index is 1.65. The van der Waals surface area contributed by atoms with Crippen LogP contribution < -0.4 is 9.47 Å². The number of ether oxygens (including phenoxy) is 2. The minimum atomic E-state index is -1.31. The van der Waals surface area contributed by atoms with Crippen LogP contribution in [0.3, 0.4) is 0 Å². The average molecular weight is 417 g/mol. The number of esters is 1. The number of carbonyl (C=O) groups is 1. The van der Waals surface area contributed by atoms with Crippen molar-refractivity contribution in [3.8, 4) is 17.6 Å². The molecule has 158 valence electrons. The molecule has 1 aliphatic carbocycles. The molecule has 7 heteroatoms. The van der Waals surface area contributed by atoms with Gasteiger partial charge in [0, 0.05) is 18.2 Å². The van der Waals surface area contributed by atoms with E-state index in [0.29, 0.717) is 12.5 Å². The molecule has 0 N–H and O–H groups in total. The van der Waals surface area contributed by atoms with Crippen LogP contribution in [0.1, 0.15) is 54.9 Å². The van der Waals surface area contributed by atoms with E-state index in [2.05, 4.69) is 6.92 Å². The van der Waals surface area contributed by atoms with Gasteiger partial charge in [-0.3, -0.25) is 0 Å². The number of rotatable bonds is 6. The predicted molar refractivity (Wildman–Crippen MR) is 104 cm³/mol. The lowest BCUT2D eigenvalue weighted by atomic mass is 9.81. The van der Waals surface area contributed by atoms with E-state index < -0.39 is 29.0 Å². The summed E-state index contributed by atoms with van der Waals surface area (Å²) in [6, 6.07) is 6.58. The van der Waals surface area contributed by atoms with Gasteiger partial charge >= 0.3 is 5.97 Å². The van der Waals surface area contributed by atoms with Gasteiger partial charge in [0.1, 0.15) is 40.6 Å². The van der Waals surface area contributed by atoms with Crippen molar-refractivity contribution in [2.45, 2.75) is 39.0 Å². The molecule has 1 aliphatic rings. The third kappa shape index (κ3) is 5.12. The lowest BCUT2D eigenvalue weighted by Gasteiger charge is -2.27. The highest BCUT2D eigenvalue weighted by atomic mass is 19.1. The third-order valence-corrected chi connectivity index (χ3v) is 5.52. The molecule has 0 atom stereocenters. The van der Waals surface area contributed by atoms with Crippen molar-refractivity contribution in [3.05, 3.63) is 58.9 Å². The van der Waals surface area contributed by atoms with Crippen molar-refractivity contribution in [2.24, 2.45) is 11.8 Å². The summed E-state index contributed by atoms with van der Waals surface area (Å²) in [4.78, 5) is 12.2. The van der Waals surface area contributed by atoms with E-state index in [-0.39, 0.29) is 17.1 Å². The fraction of sp³-hybridized carbons (Fsp3) is 0.391. The van der Waals surface area contributed by atoms with Gasteiger partial charge in [0.15, 0.2) is 0 Å². The molecule has 30 heavy (non-hydrogen) atoms. The Bertz CT molecular complexity index is 940. The first-order valence-corrected chi connectivity index (χ1v) is 9.95. The van der Waals surface area contributed by atoms with Crippen LogP contribution in [0.15, 0.2) is 30.3 Å². The average Bonchev–Trinajstić information content (AvgIpc) is 2.72. The van der Waals surface area contributed by atoms with Gasteiger partial charge < -0.3 is 9.47 Å². The molecule has 0 aromatic heterocycles. The number of hydrogen-bond acceptors (Lipinski definition) is 4. The molecule has 0 bridgehead atoms. The molecule has 4 nitrogen and oxygen atoms in total. The minimum Gasteiger partial charge on any atom is -0.493 e. The Labute approximate surface area is 173 Å².